The van der Waals surface area contributed by atoms with Gasteiger partial charge < -0.3 is 9.73 Å². The molecule has 0 bridgehead atoms. The second kappa shape index (κ2) is 5.02. The highest BCUT2D eigenvalue weighted by Crippen LogP contribution is 2.23. The van der Waals surface area contributed by atoms with Crippen molar-refractivity contribution in [1.82, 2.24) is 10.3 Å². The van der Waals surface area contributed by atoms with Gasteiger partial charge in [-0.05, 0) is 18.5 Å². The summed E-state index contributed by atoms with van der Waals surface area (Å²) >= 11 is 5.67. The van der Waals surface area contributed by atoms with Gasteiger partial charge in [-0.15, -0.1) is 0 Å². The highest BCUT2D eigenvalue weighted by atomic mass is 35.5. The third-order valence-corrected chi connectivity index (χ3v) is 2.59. The number of nitrogens with one attached hydrogen (secondary N) is 1. The van der Waals surface area contributed by atoms with Crippen molar-refractivity contribution in [2.75, 3.05) is 6.54 Å². The topological polar surface area (TPSA) is 38.1 Å². The lowest BCUT2D eigenvalue weighted by Crippen LogP contribution is -2.19. The molecule has 1 aromatic carbocycles. The number of aromatic nitrogens is 1. The molecule has 2 aromatic rings. The van der Waals surface area contributed by atoms with Gasteiger partial charge in [0.05, 0.1) is 11.6 Å². The Balaban J connectivity index is 2.14. The maximum absolute atomic E-state index is 13.2. The smallest absolute Gasteiger partial charge is 0.209 e. The molecule has 0 unspecified atom stereocenters. The van der Waals surface area contributed by atoms with Gasteiger partial charge >= 0.3 is 0 Å². The molecule has 0 fully saturated rings. The Morgan fingerprint density at radius 1 is 1.47 bits per heavy atom. The maximum Gasteiger partial charge on any atom is 0.209 e. The number of oxazole rings is 1. The van der Waals surface area contributed by atoms with Crippen LogP contribution in [0.1, 0.15) is 19.7 Å². The van der Waals surface area contributed by atoms with Crippen molar-refractivity contribution in [3.05, 3.63) is 28.9 Å². The average Bonchev–Trinajstić information content (AvgIpc) is 2.60. The van der Waals surface area contributed by atoms with E-state index in [1.165, 1.54) is 12.1 Å². The number of benzene rings is 1. The first-order valence-corrected chi connectivity index (χ1v) is 5.89. The fourth-order valence-corrected chi connectivity index (χ4v) is 1.67. The highest BCUT2D eigenvalue weighted by molar-refractivity contribution is 6.31. The van der Waals surface area contributed by atoms with Crippen LogP contribution in [0, 0.1) is 11.7 Å². The monoisotopic (exact) mass is 256 g/mol. The number of rotatable bonds is 4. The standard InChI is InChI=1S/C12H14ClFN2O/c1-7(2)5-15-6-12-16-10-3-8(13)9(14)4-11(10)17-12/h3-4,7,15H,5-6H2,1-2H3. The zero-order valence-electron chi connectivity index (χ0n) is 9.76. The molecule has 0 saturated carbocycles. The van der Waals surface area contributed by atoms with Crippen LogP contribution in [0.3, 0.4) is 0 Å². The minimum absolute atomic E-state index is 0.0625. The van der Waals surface area contributed by atoms with Crippen LogP contribution in [0.25, 0.3) is 11.1 Å². The Labute approximate surface area is 104 Å². The maximum atomic E-state index is 13.2. The van der Waals surface area contributed by atoms with Crippen LogP contribution in [0.15, 0.2) is 16.5 Å². The molecular weight excluding hydrogens is 243 g/mol. The molecule has 0 aliphatic heterocycles. The van der Waals surface area contributed by atoms with Crippen molar-refractivity contribution < 1.29 is 8.81 Å². The summed E-state index contributed by atoms with van der Waals surface area (Å²) in [5.41, 5.74) is 1.01. The molecule has 0 radical (unpaired) electrons. The van der Waals surface area contributed by atoms with Gasteiger partial charge in [0, 0.05) is 6.07 Å². The second-order valence-electron chi connectivity index (χ2n) is 4.37. The highest BCUT2D eigenvalue weighted by Gasteiger charge is 2.09. The molecular formula is C12H14ClFN2O. The first-order valence-electron chi connectivity index (χ1n) is 5.51. The molecule has 0 saturated heterocycles. The Morgan fingerprint density at radius 2 is 2.24 bits per heavy atom. The van der Waals surface area contributed by atoms with E-state index in [0.29, 0.717) is 29.5 Å². The largest absolute Gasteiger partial charge is 0.439 e. The minimum atomic E-state index is -0.489. The molecule has 17 heavy (non-hydrogen) atoms. The summed E-state index contributed by atoms with van der Waals surface area (Å²) in [6.45, 7) is 5.66. The summed E-state index contributed by atoms with van der Waals surface area (Å²) in [6, 6.07) is 2.73. The van der Waals surface area contributed by atoms with Crippen molar-refractivity contribution >= 4 is 22.7 Å². The van der Waals surface area contributed by atoms with Gasteiger partial charge in [-0.25, -0.2) is 9.37 Å². The van der Waals surface area contributed by atoms with E-state index in [-0.39, 0.29) is 5.02 Å². The van der Waals surface area contributed by atoms with Crippen molar-refractivity contribution in [2.45, 2.75) is 20.4 Å². The van der Waals surface area contributed by atoms with Gasteiger partial charge in [0.2, 0.25) is 5.89 Å². The number of fused-ring (bicyclic) bond motifs is 1. The van der Waals surface area contributed by atoms with E-state index in [1.807, 2.05) is 0 Å². The number of hydrogen-bond acceptors (Lipinski definition) is 3. The molecule has 0 spiro atoms. The van der Waals surface area contributed by atoms with Crippen LogP contribution < -0.4 is 5.32 Å². The minimum Gasteiger partial charge on any atom is -0.439 e. The van der Waals surface area contributed by atoms with Gasteiger partial charge in [-0.2, -0.15) is 0 Å². The lowest BCUT2D eigenvalue weighted by Gasteiger charge is -2.03. The van der Waals surface area contributed by atoms with Crippen LogP contribution in [0.5, 0.6) is 0 Å². The molecule has 3 nitrogen and oxygen atoms in total. The molecule has 2 rings (SSSR count). The van der Waals surface area contributed by atoms with Crippen LogP contribution in [-0.2, 0) is 6.54 Å². The van der Waals surface area contributed by atoms with Crippen molar-refractivity contribution in [1.29, 1.82) is 0 Å². The quantitative estimate of drug-likeness (QED) is 0.912. The van der Waals surface area contributed by atoms with Gasteiger partial charge in [0.15, 0.2) is 5.58 Å². The zero-order valence-corrected chi connectivity index (χ0v) is 10.5. The molecule has 1 heterocycles. The van der Waals surface area contributed by atoms with Crippen LogP contribution in [-0.4, -0.2) is 11.5 Å². The lowest BCUT2D eigenvalue weighted by atomic mass is 10.2. The van der Waals surface area contributed by atoms with E-state index < -0.39 is 5.82 Å². The van der Waals surface area contributed by atoms with Crippen LogP contribution in [0.2, 0.25) is 5.02 Å². The van der Waals surface area contributed by atoms with E-state index in [9.17, 15) is 4.39 Å². The van der Waals surface area contributed by atoms with Gasteiger partial charge in [-0.3, -0.25) is 0 Å². The summed E-state index contributed by atoms with van der Waals surface area (Å²) in [5, 5.41) is 3.27. The Bertz CT molecular complexity index is 485. The van der Waals surface area contributed by atoms with Gasteiger partial charge in [0.25, 0.3) is 0 Å². The number of halogens is 2. The van der Waals surface area contributed by atoms with Crippen molar-refractivity contribution in [3.63, 3.8) is 0 Å². The lowest BCUT2D eigenvalue weighted by molar-refractivity contribution is 0.470. The van der Waals surface area contributed by atoms with Crippen LogP contribution >= 0.6 is 11.6 Å². The summed E-state index contributed by atoms with van der Waals surface area (Å²) in [6.07, 6.45) is 0. The second-order valence-corrected chi connectivity index (χ2v) is 4.77. The molecule has 0 aliphatic carbocycles. The summed E-state index contributed by atoms with van der Waals surface area (Å²) < 4.78 is 18.6. The molecule has 0 atom stereocenters. The van der Waals surface area contributed by atoms with E-state index >= 15 is 0 Å². The Hall–Kier alpha value is -1.13. The molecule has 1 aromatic heterocycles. The van der Waals surface area contributed by atoms with E-state index in [4.69, 9.17) is 16.0 Å². The molecule has 1 N–H and O–H groups in total. The number of hydrogen-bond donors (Lipinski definition) is 1. The average molecular weight is 257 g/mol. The van der Waals surface area contributed by atoms with E-state index in [2.05, 4.69) is 24.1 Å². The third kappa shape index (κ3) is 2.96. The van der Waals surface area contributed by atoms with Crippen molar-refractivity contribution in [3.8, 4) is 0 Å². The summed E-state index contributed by atoms with van der Waals surface area (Å²) in [5.74, 6) is 0.616. The van der Waals surface area contributed by atoms with Crippen LogP contribution in [0.4, 0.5) is 4.39 Å². The van der Waals surface area contributed by atoms with Crippen molar-refractivity contribution in [2.24, 2.45) is 5.92 Å². The number of nitrogens with zero attached hydrogens (tertiary/aromatic N) is 1. The van der Waals surface area contributed by atoms with Gasteiger partial charge in [0.1, 0.15) is 11.3 Å². The van der Waals surface area contributed by atoms with Gasteiger partial charge in [-0.1, -0.05) is 25.4 Å². The first kappa shape index (κ1) is 12.3. The zero-order chi connectivity index (χ0) is 12.4. The SMILES string of the molecule is CC(C)CNCc1nc2cc(Cl)c(F)cc2o1. The normalized spacial score (nSPS) is 11.6. The molecule has 92 valence electrons. The molecule has 0 aliphatic rings. The fraction of sp³-hybridized carbons (Fsp3) is 0.417. The first-order chi connectivity index (χ1) is 8.06. The summed E-state index contributed by atoms with van der Waals surface area (Å²) in [4.78, 5) is 4.23. The predicted octanol–water partition coefficient (Wildman–Crippen LogP) is 3.37. The Morgan fingerprint density at radius 3 is 2.94 bits per heavy atom. The molecule has 0 amide bonds. The summed E-state index contributed by atoms with van der Waals surface area (Å²) in [7, 11) is 0. The molecule has 5 heteroatoms. The third-order valence-electron chi connectivity index (χ3n) is 2.30. The van der Waals surface area contributed by atoms with E-state index in [0.717, 1.165) is 6.54 Å². The Kier molecular flexibility index (Phi) is 3.64. The predicted molar refractivity (Wildman–Crippen MR) is 65.5 cm³/mol. The fourth-order valence-electron chi connectivity index (χ4n) is 1.51. The van der Waals surface area contributed by atoms with E-state index in [1.54, 1.807) is 0 Å².